The molecule has 280 valence electrons. The molecule has 0 bridgehead atoms. The fourth-order valence-corrected chi connectivity index (χ4v) is 8.43. The highest BCUT2D eigenvalue weighted by Gasteiger charge is 2.23. The van der Waals surface area contributed by atoms with Crippen LogP contribution in [-0.2, 0) is 0 Å². The first-order valence-electron chi connectivity index (χ1n) is 19.8. The first-order valence-corrected chi connectivity index (χ1v) is 19.8. The van der Waals surface area contributed by atoms with E-state index >= 15 is 0 Å². The number of fused-ring (bicyclic) bond motifs is 7. The highest BCUT2D eigenvalue weighted by molar-refractivity contribution is 6.23. The van der Waals surface area contributed by atoms with Crippen LogP contribution < -0.4 is 4.74 Å². The van der Waals surface area contributed by atoms with Crippen molar-refractivity contribution in [3.05, 3.63) is 194 Å². The fourth-order valence-electron chi connectivity index (χ4n) is 8.43. The van der Waals surface area contributed by atoms with Crippen LogP contribution in [0.25, 0.3) is 100 Å². The van der Waals surface area contributed by atoms with Gasteiger partial charge < -0.3 is 9.30 Å². The minimum Gasteiger partial charge on any atom is -0.497 e. The van der Waals surface area contributed by atoms with E-state index in [0.29, 0.717) is 17.6 Å². The molecule has 0 unspecified atom stereocenters. The van der Waals surface area contributed by atoms with Crippen LogP contribution in [0.1, 0.15) is 5.56 Å². The number of aryl methyl sites for hydroxylation is 1. The van der Waals surface area contributed by atoms with Gasteiger partial charge in [-0.2, -0.15) is 9.97 Å². The van der Waals surface area contributed by atoms with Crippen molar-refractivity contribution in [1.82, 2.24) is 24.1 Å². The topological polar surface area (TPSA) is 57.8 Å². The Morgan fingerprint density at radius 2 is 0.797 bits per heavy atom. The summed E-state index contributed by atoms with van der Waals surface area (Å²) < 4.78 is 10.0. The Kier molecular flexibility index (Phi) is 8.15. The summed E-state index contributed by atoms with van der Waals surface area (Å²) in [5.41, 5.74) is 12.9. The first-order chi connectivity index (χ1) is 29.1. The number of hydrogen-bond donors (Lipinski definition) is 0. The van der Waals surface area contributed by atoms with Crippen LogP contribution in [0.15, 0.2) is 188 Å². The number of para-hydroxylation sites is 3. The van der Waals surface area contributed by atoms with Crippen LogP contribution in [0.3, 0.4) is 0 Å². The minimum absolute atomic E-state index is 0.551. The maximum absolute atomic E-state index is 5.40. The molecule has 0 amide bonds. The third-order valence-electron chi connectivity index (χ3n) is 11.4. The summed E-state index contributed by atoms with van der Waals surface area (Å²) >= 11 is 0. The fraction of sp³-hybridized carbons (Fsp3) is 0.0377. The molecule has 0 atom stereocenters. The summed E-state index contributed by atoms with van der Waals surface area (Å²) in [5, 5.41) is 4.61. The molecule has 0 N–H and O–H groups in total. The summed E-state index contributed by atoms with van der Waals surface area (Å²) in [7, 11) is 1.68. The lowest BCUT2D eigenvalue weighted by molar-refractivity contribution is 0.415. The van der Waals surface area contributed by atoms with Gasteiger partial charge >= 0.3 is 0 Å². The zero-order valence-electron chi connectivity index (χ0n) is 32.5. The SMILES string of the molecule is COc1ccc(-c2ccc(-c3nc(-c4ccc(-c5ccc(C)cc5)cc4)nc(-n4c5ccccc5c5ccc6c7ccccc7n(-c7ccccc7)c6c54)n3)cc2)cc1. The number of rotatable bonds is 7. The minimum atomic E-state index is 0.551. The van der Waals surface area contributed by atoms with Crippen molar-refractivity contribution in [2.45, 2.75) is 6.92 Å². The van der Waals surface area contributed by atoms with Gasteiger partial charge in [0.1, 0.15) is 5.75 Å². The Hall–Kier alpha value is -7.83. The zero-order chi connectivity index (χ0) is 39.5. The number of ether oxygens (including phenoxy) is 1. The van der Waals surface area contributed by atoms with Crippen LogP contribution in [0.4, 0.5) is 0 Å². The van der Waals surface area contributed by atoms with Gasteiger partial charge in [0.15, 0.2) is 11.6 Å². The van der Waals surface area contributed by atoms with E-state index < -0.39 is 0 Å². The van der Waals surface area contributed by atoms with E-state index in [-0.39, 0.29) is 0 Å². The van der Waals surface area contributed by atoms with Crippen molar-refractivity contribution < 1.29 is 4.74 Å². The average Bonchev–Trinajstić information content (AvgIpc) is 3.83. The van der Waals surface area contributed by atoms with E-state index in [1.165, 1.54) is 16.5 Å². The summed E-state index contributed by atoms with van der Waals surface area (Å²) in [6.45, 7) is 2.11. The summed E-state index contributed by atoms with van der Waals surface area (Å²) in [4.78, 5) is 15.9. The molecule has 0 fully saturated rings. The Morgan fingerprint density at radius 1 is 0.373 bits per heavy atom. The van der Waals surface area contributed by atoms with Gasteiger partial charge in [0.2, 0.25) is 5.95 Å². The quantitative estimate of drug-likeness (QED) is 0.162. The number of aromatic nitrogens is 5. The molecular weight excluding hydrogens is 723 g/mol. The lowest BCUT2D eigenvalue weighted by atomic mass is 10.0. The highest BCUT2D eigenvalue weighted by Crippen LogP contribution is 2.41. The van der Waals surface area contributed by atoms with Gasteiger partial charge in [0.05, 0.1) is 29.2 Å². The number of methoxy groups -OCH3 is 1. The van der Waals surface area contributed by atoms with Gasteiger partial charge in [0, 0.05) is 38.4 Å². The molecule has 3 heterocycles. The summed E-state index contributed by atoms with van der Waals surface area (Å²) in [5.74, 6) is 2.57. The summed E-state index contributed by atoms with van der Waals surface area (Å²) in [6.07, 6.45) is 0. The van der Waals surface area contributed by atoms with Crippen LogP contribution in [0, 0.1) is 6.92 Å². The molecular formula is C53H37N5O. The van der Waals surface area contributed by atoms with E-state index in [0.717, 1.165) is 77.5 Å². The molecule has 0 radical (unpaired) electrons. The van der Waals surface area contributed by atoms with Crippen molar-refractivity contribution in [2.75, 3.05) is 7.11 Å². The molecule has 0 aliphatic carbocycles. The van der Waals surface area contributed by atoms with Gasteiger partial charge in [-0.05, 0) is 65.6 Å². The van der Waals surface area contributed by atoms with Crippen LogP contribution >= 0.6 is 0 Å². The van der Waals surface area contributed by atoms with Crippen molar-refractivity contribution in [2.24, 2.45) is 0 Å². The molecule has 0 spiro atoms. The van der Waals surface area contributed by atoms with E-state index in [1.807, 2.05) is 12.1 Å². The summed E-state index contributed by atoms with van der Waals surface area (Å²) in [6, 6.07) is 66.0. The molecule has 0 saturated carbocycles. The highest BCUT2D eigenvalue weighted by atomic mass is 16.5. The lowest BCUT2D eigenvalue weighted by Gasteiger charge is -2.13. The van der Waals surface area contributed by atoms with Gasteiger partial charge in [-0.25, -0.2) is 4.98 Å². The van der Waals surface area contributed by atoms with Crippen molar-refractivity contribution in [1.29, 1.82) is 0 Å². The van der Waals surface area contributed by atoms with Crippen molar-refractivity contribution >= 4 is 43.6 Å². The maximum Gasteiger partial charge on any atom is 0.238 e. The Bertz CT molecular complexity index is 3330. The van der Waals surface area contributed by atoms with Gasteiger partial charge in [-0.15, -0.1) is 0 Å². The third-order valence-corrected chi connectivity index (χ3v) is 11.4. The maximum atomic E-state index is 5.40. The molecule has 0 aliphatic rings. The molecule has 0 saturated heterocycles. The molecule has 0 aliphatic heterocycles. The number of nitrogens with zero attached hydrogens (tertiary/aromatic N) is 5. The zero-order valence-corrected chi connectivity index (χ0v) is 32.5. The predicted octanol–water partition coefficient (Wildman–Crippen LogP) is 13.1. The molecule has 6 heteroatoms. The van der Waals surface area contributed by atoms with Crippen molar-refractivity contribution in [3.63, 3.8) is 0 Å². The smallest absolute Gasteiger partial charge is 0.238 e. The predicted molar refractivity (Wildman–Crippen MR) is 242 cm³/mol. The van der Waals surface area contributed by atoms with Crippen LogP contribution in [-0.4, -0.2) is 31.2 Å². The second-order valence-electron chi connectivity index (χ2n) is 14.9. The lowest BCUT2D eigenvalue weighted by Crippen LogP contribution is -2.07. The molecule has 11 rings (SSSR count). The van der Waals surface area contributed by atoms with Crippen LogP contribution in [0.2, 0.25) is 0 Å². The molecule has 11 aromatic rings. The number of hydrogen-bond acceptors (Lipinski definition) is 4. The standard InChI is InChI=1S/C53H37N5O/c1-34-16-18-35(19-17-34)36-20-24-39(25-21-36)51-54-52(40-26-22-37(23-27-40)38-28-30-42(59-2)31-29-38)56-53(55-51)58-48-15-9-7-13-44(48)46-33-32-45-43-12-6-8-14-47(43)57(49(45)50(46)58)41-10-4-3-5-11-41/h3-33H,1-2H3. The first kappa shape index (κ1) is 34.4. The van der Waals surface area contributed by atoms with E-state index in [9.17, 15) is 0 Å². The molecule has 6 nitrogen and oxygen atoms in total. The van der Waals surface area contributed by atoms with Crippen molar-refractivity contribution in [3.8, 4) is 62.4 Å². The second-order valence-corrected chi connectivity index (χ2v) is 14.9. The Labute approximate surface area is 341 Å². The second kappa shape index (κ2) is 14.0. The number of benzene rings is 8. The van der Waals surface area contributed by atoms with Gasteiger partial charge in [0.25, 0.3) is 0 Å². The van der Waals surface area contributed by atoms with Crippen LogP contribution in [0.5, 0.6) is 5.75 Å². The normalized spacial score (nSPS) is 11.6. The van der Waals surface area contributed by atoms with Gasteiger partial charge in [-0.3, -0.25) is 4.57 Å². The Balaban J connectivity index is 1.17. The monoisotopic (exact) mass is 759 g/mol. The Morgan fingerprint density at radius 3 is 1.32 bits per heavy atom. The molecule has 8 aromatic carbocycles. The van der Waals surface area contributed by atoms with E-state index in [4.69, 9.17) is 19.7 Å². The molecule has 3 aromatic heterocycles. The molecule has 59 heavy (non-hydrogen) atoms. The largest absolute Gasteiger partial charge is 0.497 e. The van der Waals surface area contributed by atoms with Gasteiger partial charge in [-0.1, -0.05) is 157 Å². The van der Waals surface area contributed by atoms with E-state index in [2.05, 4.69) is 192 Å². The van der Waals surface area contributed by atoms with E-state index in [1.54, 1.807) is 7.11 Å². The third kappa shape index (κ3) is 5.84. The average molecular weight is 760 g/mol.